The number of pyridine rings is 1. The van der Waals surface area contributed by atoms with Crippen LogP contribution in [0.2, 0.25) is 5.15 Å². The molecule has 0 spiro atoms. The van der Waals surface area contributed by atoms with Crippen molar-refractivity contribution in [2.75, 3.05) is 6.61 Å². The summed E-state index contributed by atoms with van der Waals surface area (Å²) in [4.78, 5) is 3.95. The van der Waals surface area contributed by atoms with Crippen molar-refractivity contribution in [3.63, 3.8) is 0 Å². The highest BCUT2D eigenvalue weighted by Gasteiger charge is 2.00. The van der Waals surface area contributed by atoms with E-state index in [-0.39, 0.29) is 0 Å². The van der Waals surface area contributed by atoms with Crippen LogP contribution in [0.15, 0.2) is 16.7 Å². The first kappa shape index (κ1) is 10.8. The molecule has 4 heteroatoms. The third-order valence-corrected chi connectivity index (χ3v) is 2.67. The molecule has 0 aliphatic carbocycles. The Bertz CT molecular complexity index is 280. The van der Waals surface area contributed by atoms with Crippen molar-refractivity contribution in [3.05, 3.63) is 21.9 Å². The summed E-state index contributed by atoms with van der Waals surface area (Å²) in [6.45, 7) is 2.85. The van der Waals surface area contributed by atoms with Crippen molar-refractivity contribution in [1.29, 1.82) is 0 Å². The van der Waals surface area contributed by atoms with E-state index in [4.69, 9.17) is 16.3 Å². The topological polar surface area (TPSA) is 22.1 Å². The van der Waals surface area contributed by atoms with Gasteiger partial charge in [0, 0.05) is 0 Å². The van der Waals surface area contributed by atoms with Gasteiger partial charge in [0.1, 0.15) is 10.9 Å². The number of unbranched alkanes of at least 4 members (excludes halogenated alkanes) is 1. The maximum atomic E-state index is 5.73. The van der Waals surface area contributed by atoms with E-state index < -0.39 is 0 Å². The Morgan fingerprint density at radius 3 is 3.00 bits per heavy atom. The van der Waals surface area contributed by atoms with Gasteiger partial charge in [0.15, 0.2) is 0 Å². The zero-order valence-electron chi connectivity index (χ0n) is 7.39. The summed E-state index contributed by atoms with van der Waals surface area (Å²) in [7, 11) is 0. The van der Waals surface area contributed by atoms with Gasteiger partial charge in [-0.15, -0.1) is 0 Å². The summed E-state index contributed by atoms with van der Waals surface area (Å²) in [5.74, 6) is 0.754. The summed E-state index contributed by atoms with van der Waals surface area (Å²) < 4.78 is 6.20. The lowest BCUT2D eigenvalue weighted by Crippen LogP contribution is -1.96. The molecule has 1 rings (SSSR count). The molecule has 13 heavy (non-hydrogen) atoms. The van der Waals surface area contributed by atoms with Crippen molar-refractivity contribution >= 4 is 27.5 Å². The van der Waals surface area contributed by atoms with Crippen molar-refractivity contribution in [1.82, 2.24) is 4.98 Å². The van der Waals surface area contributed by atoms with E-state index in [0.29, 0.717) is 5.15 Å². The van der Waals surface area contributed by atoms with Gasteiger partial charge in [0.05, 0.1) is 17.3 Å². The van der Waals surface area contributed by atoms with Crippen LogP contribution in [0.3, 0.4) is 0 Å². The maximum absolute atomic E-state index is 5.73. The molecule has 2 nitrogen and oxygen atoms in total. The van der Waals surface area contributed by atoms with E-state index in [1.54, 1.807) is 6.20 Å². The molecule has 72 valence electrons. The molecule has 0 amide bonds. The van der Waals surface area contributed by atoms with Gasteiger partial charge >= 0.3 is 0 Å². The number of halogens is 2. The van der Waals surface area contributed by atoms with Crippen LogP contribution >= 0.6 is 27.5 Å². The second-order valence-electron chi connectivity index (χ2n) is 2.65. The van der Waals surface area contributed by atoms with Gasteiger partial charge in [-0.1, -0.05) is 24.9 Å². The van der Waals surface area contributed by atoms with Crippen LogP contribution in [0, 0.1) is 0 Å². The number of hydrogen-bond acceptors (Lipinski definition) is 2. The zero-order valence-corrected chi connectivity index (χ0v) is 9.73. The van der Waals surface area contributed by atoms with E-state index in [2.05, 4.69) is 27.8 Å². The minimum Gasteiger partial charge on any atom is -0.492 e. The Labute approximate surface area is 91.4 Å². The first-order valence-corrected chi connectivity index (χ1v) is 5.35. The molecule has 1 heterocycles. The highest BCUT2D eigenvalue weighted by atomic mass is 79.9. The first-order chi connectivity index (χ1) is 6.24. The second-order valence-corrected chi connectivity index (χ2v) is 3.86. The molecule has 1 aromatic heterocycles. The minimum absolute atomic E-state index is 0.461. The van der Waals surface area contributed by atoms with Gasteiger partial charge in [0.25, 0.3) is 0 Å². The van der Waals surface area contributed by atoms with Gasteiger partial charge in [-0.05, 0) is 28.4 Å². The average Bonchev–Trinajstić information content (AvgIpc) is 2.12. The fraction of sp³-hybridized carbons (Fsp3) is 0.444. The molecule has 0 aromatic carbocycles. The minimum atomic E-state index is 0.461. The lowest BCUT2D eigenvalue weighted by molar-refractivity contribution is 0.308. The molecule has 0 radical (unpaired) electrons. The Morgan fingerprint density at radius 1 is 1.62 bits per heavy atom. The molecule has 0 aliphatic rings. The molecule has 0 N–H and O–H groups in total. The number of rotatable bonds is 4. The van der Waals surface area contributed by atoms with E-state index in [9.17, 15) is 0 Å². The fourth-order valence-corrected chi connectivity index (χ4v) is 1.25. The van der Waals surface area contributed by atoms with Gasteiger partial charge in [-0.25, -0.2) is 4.98 Å². The van der Waals surface area contributed by atoms with Crippen LogP contribution in [0.5, 0.6) is 5.75 Å². The largest absolute Gasteiger partial charge is 0.492 e. The van der Waals surface area contributed by atoms with Crippen molar-refractivity contribution in [3.8, 4) is 5.75 Å². The van der Waals surface area contributed by atoms with Gasteiger partial charge in [-0.3, -0.25) is 0 Å². The predicted octanol–water partition coefficient (Wildman–Crippen LogP) is 3.68. The average molecular weight is 265 g/mol. The highest BCUT2D eigenvalue weighted by molar-refractivity contribution is 9.10. The lowest BCUT2D eigenvalue weighted by atomic mass is 10.4. The summed E-state index contributed by atoms with van der Waals surface area (Å²) in [5, 5.41) is 0.461. The highest BCUT2D eigenvalue weighted by Crippen LogP contribution is 2.24. The normalized spacial score (nSPS) is 10.1. The number of nitrogens with zero attached hydrogens (tertiary/aromatic N) is 1. The van der Waals surface area contributed by atoms with E-state index in [1.165, 1.54) is 0 Å². The van der Waals surface area contributed by atoms with Crippen LogP contribution in [0.1, 0.15) is 19.8 Å². The van der Waals surface area contributed by atoms with Crippen molar-refractivity contribution in [2.45, 2.75) is 19.8 Å². The SMILES string of the molecule is CCCCOc1cnc(Cl)c(Br)c1. The molecule has 0 saturated carbocycles. The molecule has 0 saturated heterocycles. The second kappa shape index (κ2) is 5.45. The van der Waals surface area contributed by atoms with Gasteiger partial charge in [-0.2, -0.15) is 0 Å². The molecule has 1 aromatic rings. The quantitative estimate of drug-likeness (QED) is 0.611. The Hall–Kier alpha value is -0.280. The van der Waals surface area contributed by atoms with Crippen LogP contribution in [-0.4, -0.2) is 11.6 Å². The Morgan fingerprint density at radius 2 is 2.38 bits per heavy atom. The summed E-state index contributed by atoms with van der Waals surface area (Å²) in [6, 6.07) is 1.82. The van der Waals surface area contributed by atoms with Crippen LogP contribution in [0.25, 0.3) is 0 Å². The first-order valence-electron chi connectivity index (χ1n) is 4.18. The Kier molecular flexibility index (Phi) is 4.53. The summed E-state index contributed by atoms with van der Waals surface area (Å²) in [6.07, 6.45) is 3.81. The predicted molar refractivity (Wildman–Crippen MR) is 57.4 cm³/mol. The van der Waals surface area contributed by atoms with E-state index >= 15 is 0 Å². The number of hydrogen-bond donors (Lipinski definition) is 0. The number of aromatic nitrogens is 1. The van der Waals surface area contributed by atoms with E-state index in [1.807, 2.05) is 6.07 Å². The van der Waals surface area contributed by atoms with Crippen LogP contribution in [-0.2, 0) is 0 Å². The fourth-order valence-electron chi connectivity index (χ4n) is 0.817. The van der Waals surface area contributed by atoms with Crippen LogP contribution in [0.4, 0.5) is 0 Å². The molecule has 0 bridgehead atoms. The molecule has 0 unspecified atom stereocenters. The summed E-state index contributed by atoms with van der Waals surface area (Å²) in [5.41, 5.74) is 0. The third kappa shape index (κ3) is 3.53. The van der Waals surface area contributed by atoms with Crippen LogP contribution < -0.4 is 4.74 Å². The standard InChI is InChI=1S/C9H11BrClNO/c1-2-3-4-13-7-5-8(10)9(11)12-6-7/h5-6H,2-4H2,1H3. The molecular weight excluding hydrogens is 253 g/mol. The molecular formula is C9H11BrClNO. The van der Waals surface area contributed by atoms with Crippen molar-refractivity contribution < 1.29 is 4.74 Å². The maximum Gasteiger partial charge on any atom is 0.143 e. The molecule has 0 aliphatic heterocycles. The third-order valence-electron chi connectivity index (χ3n) is 1.54. The molecule has 0 atom stereocenters. The lowest BCUT2D eigenvalue weighted by Gasteiger charge is -2.05. The van der Waals surface area contributed by atoms with Gasteiger partial charge < -0.3 is 4.74 Å². The van der Waals surface area contributed by atoms with Gasteiger partial charge in [0.2, 0.25) is 0 Å². The number of ether oxygens (including phenoxy) is 1. The molecule has 0 fully saturated rings. The van der Waals surface area contributed by atoms with Crippen molar-refractivity contribution in [2.24, 2.45) is 0 Å². The monoisotopic (exact) mass is 263 g/mol. The zero-order chi connectivity index (χ0) is 9.68. The Balaban J connectivity index is 2.53. The smallest absolute Gasteiger partial charge is 0.143 e. The summed E-state index contributed by atoms with van der Waals surface area (Å²) >= 11 is 9.01. The van der Waals surface area contributed by atoms with E-state index in [0.717, 1.165) is 29.7 Å².